The predicted molar refractivity (Wildman–Crippen MR) is 116 cm³/mol. The minimum absolute atomic E-state index is 0.308. The number of carbonyl (C=O) groups excluding carboxylic acids is 1. The molecule has 150 valence electrons. The van der Waals surface area contributed by atoms with Crippen LogP contribution in [0.25, 0.3) is 22.8 Å². The fourth-order valence-corrected chi connectivity index (χ4v) is 2.93. The van der Waals surface area contributed by atoms with Gasteiger partial charge < -0.3 is 15.2 Å². The van der Waals surface area contributed by atoms with E-state index in [2.05, 4.69) is 46.7 Å². The SMILES string of the molecule is O=C(NCCc1nc(-c2ncc(-c3ccccc3)cn2)no1)Nc1ccc(Br)cc1. The van der Waals surface area contributed by atoms with E-state index in [9.17, 15) is 4.79 Å². The number of anilines is 1. The minimum atomic E-state index is -0.308. The smallest absolute Gasteiger partial charge is 0.319 e. The molecule has 2 aromatic heterocycles. The molecule has 0 atom stereocenters. The van der Waals surface area contributed by atoms with E-state index in [1.807, 2.05) is 42.5 Å². The molecule has 0 fully saturated rings. The first kappa shape index (κ1) is 19.7. The highest BCUT2D eigenvalue weighted by molar-refractivity contribution is 9.10. The lowest BCUT2D eigenvalue weighted by molar-refractivity contribution is 0.252. The highest BCUT2D eigenvalue weighted by Crippen LogP contribution is 2.19. The van der Waals surface area contributed by atoms with Crippen LogP contribution in [0.5, 0.6) is 0 Å². The molecule has 0 unspecified atom stereocenters. The summed E-state index contributed by atoms with van der Waals surface area (Å²) in [6.07, 6.45) is 3.84. The molecule has 0 spiro atoms. The first-order chi connectivity index (χ1) is 14.7. The molecule has 30 heavy (non-hydrogen) atoms. The number of carbonyl (C=O) groups is 1. The molecule has 2 amide bonds. The lowest BCUT2D eigenvalue weighted by Gasteiger charge is -2.06. The van der Waals surface area contributed by atoms with Crippen molar-refractivity contribution in [2.75, 3.05) is 11.9 Å². The summed E-state index contributed by atoms with van der Waals surface area (Å²) in [4.78, 5) is 24.9. The van der Waals surface area contributed by atoms with Gasteiger partial charge in [0.05, 0.1) is 0 Å². The summed E-state index contributed by atoms with van der Waals surface area (Å²) >= 11 is 3.35. The number of amides is 2. The van der Waals surface area contributed by atoms with Gasteiger partial charge in [0.1, 0.15) is 0 Å². The monoisotopic (exact) mass is 464 g/mol. The Morgan fingerprint density at radius 2 is 1.67 bits per heavy atom. The summed E-state index contributed by atoms with van der Waals surface area (Å²) in [7, 11) is 0. The number of aromatic nitrogens is 4. The number of halogens is 1. The molecule has 0 aliphatic heterocycles. The summed E-state index contributed by atoms with van der Waals surface area (Å²) in [5.41, 5.74) is 2.64. The molecule has 2 N–H and O–H groups in total. The highest BCUT2D eigenvalue weighted by Gasteiger charge is 2.12. The van der Waals surface area contributed by atoms with Crippen molar-refractivity contribution in [1.29, 1.82) is 0 Å². The standard InChI is InChI=1S/C21H17BrN6O2/c22-16-6-8-17(9-7-16)26-21(29)23-11-10-18-27-20(28-30-18)19-24-12-15(13-25-19)14-4-2-1-3-5-14/h1-9,12-13H,10-11H2,(H2,23,26,29). The first-order valence-corrected chi connectivity index (χ1v) is 9.97. The Morgan fingerprint density at radius 1 is 0.933 bits per heavy atom. The topological polar surface area (TPSA) is 106 Å². The molecule has 0 saturated carbocycles. The van der Waals surface area contributed by atoms with Crippen molar-refractivity contribution in [1.82, 2.24) is 25.4 Å². The van der Waals surface area contributed by atoms with Crippen LogP contribution in [0.1, 0.15) is 5.89 Å². The molecule has 8 nitrogen and oxygen atoms in total. The maximum atomic E-state index is 11.9. The zero-order valence-electron chi connectivity index (χ0n) is 15.7. The highest BCUT2D eigenvalue weighted by atomic mass is 79.9. The van der Waals surface area contributed by atoms with Crippen LogP contribution >= 0.6 is 15.9 Å². The van der Waals surface area contributed by atoms with Crippen LogP contribution in [-0.4, -0.2) is 32.7 Å². The second-order valence-corrected chi connectivity index (χ2v) is 7.23. The van der Waals surface area contributed by atoms with Crippen LogP contribution in [-0.2, 0) is 6.42 Å². The maximum Gasteiger partial charge on any atom is 0.319 e. The van der Waals surface area contributed by atoms with Gasteiger partial charge in [-0.05, 0) is 29.8 Å². The van der Waals surface area contributed by atoms with Crippen LogP contribution in [0, 0.1) is 0 Å². The predicted octanol–water partition coefficient (Wildman–Crippen LogP) is 4.32. The van der Waals surface area contributed by atoms with Gasteiger partial charge in [-0.25, -0.2) is 14.8 Å². The van der Waals surface area contributed by atoms with Gasteiger partial charge in [-0.2, -0.15) is 4.98 Å². The normalized spacial score (nSPS) is 10.6. The molecular weight excluding hydrogens is 448 g/mol. The van der Waals surface area contributed by atoms with Crippen LogP contribution in [0.3, 0.4) is 0 Å². The number of hydrogen-bond donors (Lipinski definition) is 2. The third-order valence-electron chi connectivity index (χ3n) is 4.15. The van der Waals surface area contributed by atoms with E-state index in [0.29, 0.717) is 36.2 Å². The Labute approximate surface area is 180 Å². The van der Waals surface area contributed by atoms with Crippen molar-refractivity contribution in [2.24, 2.45) is 0 Å². The molecule has 9 heteroatoms. The summed E-state index contributed by atoms with van der Waals surface area (Å²) in [5, 5.41) is 9.41. The van der Waals surface area contributed by atoms with Gasteiger partial charge in [-0.3, -0.25) is 0 Å². The van der Waals surface area contributed by atoms with Gasteiger partial charge in [-0.1, -0.05) is 51.4 Å². The van der Waals surface area contributed by atoms with E-state index in [4.69, 9.17) is 4.52 Å². The number of rotatable bonds is 6. The van der Waals surface area contributed by atoms with Crippen molar-refractivity contribution in [3.05, 3.63) is 77.4 Å². The Hall–Kier alpha value is -3.59. The van der Waals surface area contributed by atoms with Gasteiger partial charge >= 0.3 is 6.03 Å². The zero-order valence-corrected chi connectivity index (χ0v) is 17.3. The van der Waals surface area contributed by atoms with Crippen LogP contribution in [0.2, 0.25) is 0 Å². The molecule has 4 aromatic rings. The molecule has 0 bridgehead atoms. The van der Waals surface area contributed by atoms with Gasteiger partial charge in [0, 0.05) is 41.1 Å². The van der Waals surface area contributed by atoms with Crippen LogP contribution < -0.4 is 10.6 Å². The van der Waals surface area contributed by atoms with E-state index in [0.717, 1.165) is 15.6 Å². The Bertz CT molecular complexity index is 1110. The average Bonchev–Trinajstić information content (AvgIpc) is 3.25. The Balaban J connectivity index is 1.30. The quantitative estimate of drug-likeness (QED) is 0.440. The second-order valence-electron chi connectivity index (χ2n) is 6.31. The van der Waals surface area contributed by atoms with Crippen molar-refractivity contribution < 1.29 is 9.32 Å². The molecule has 0 aliphatic rings. The molecule has 0 saturated heterocycles. The molecular formula is C21H17BrN6O2. The van der Waals surface area contributed by atoms with E-state index >= 15 is 0 Å². The number of benzene rings is 2. The summed E-state index contributed by atoms with van der Waals surface area (Å²) in [6.45, 7) is 0.345. The minimum Gasteiger partial charge on any atom is -0.339 e. The van der Waals surface area contributed by atoms with Crippen LogP contribution in [0.4, 0.5) is 10.5 Å². The average molecular weight is 465 g/mol. The van der Waals surface area contributed by atoms with E-state index in [1.54, 1.807) is 24.5 Å². The summed E-state index contributed by atoms with van der Waals surface area (Å²) in [5.74, 6) is 1.08. The number of nitrogens with zero attached hydrogens (tertiary/aromatic N) is 4. The number of nitrogens with one attached hydrogen (secondary N) is 2. The third kappa shape index (κ3) is 5.06. The number of hydrogen-bond acceptors (Lipinski definition) is 6. The van der Waals surface area contributed by atoms with Gasteiger partial charge in [0.15, 0.2) is 0 Å². The fraction of sp³-hybridized carbons (Fsp3) is 0.0952. The van der Waals surface area contributed by atoms with Crippen molar-refractivity contribution in [3.8, 4) is 22.8 Å². The summed E-state index contributed by atoms with van der Waals surface area (Å²) < 4.78 is 6.17. The second kappa shape index (κ2) is 9.27. The zero-order chi connectivity index (χ0) is 20.8. The van der Waals surface area contributed by atoms with Crippen molar-refractivity contribution >= 4 is 27.6 Å². The largest absolute Gasteiger partial charge is 0.339 e. The molecule has 2 aromatic carbocycles. The summed E-state index contributed by atoms with van der Waals surface area (Å²) in [6, 6.07) is 16.9. The molecule has 4 rings (SSSR count). The van der Waals surface area contributed by atoms with Crippen LogP contribution in [0.15, 0.2) is 76.0 Å². The molecule has 2 heterocycles. The van der Waals surface area contributed by atoms with Gasteiger partial charge in [0.2, 0.25) is 17.5 Å². The molecule has 0 aliphatic carbocycles. The van der Waals surface area contributed by atoms with Crippen molar-refractivity contribution in [3.63, 3.8) is 0 Å². The lowest BCUT2D eigenvalue weighted by Crippen LogP contribution is -2.30. The maximum absolute atomic E-state index is 11.9. The third-order valence-corrected chi connectivity index (χ3v) is 4.68. The van der Waals surface area contributed by atoms with E-state index in [-0.39, 0.29) is 6.03 Å². The Kier molecular flexibility index (Phi) is 6.09. The van der Waals surface area contributed by atoms with Crippen molar-refractivity contribution in [2.45, 2.75) is 6.42 Å². The lowest BCUT2D eigenvalue weighted by atomic mass is 10.1. The van der Waals surface area contributed by atoms with Gasteiger partial charge in [0.25, 0.3) is 0 Å². The molecule has 0 radical (unpaired) electrons. The fourth-order valence-electron chi connectivity index (χ4n) is 2.66. The van der Waals surface area contributed by atoms with E-state index < -0.39 is 0 Å². The number of urea groups is 1. The van der Waals surface area contributed by atoms with E-state index in [1.165, 1.54) is 0 Å². The first-order valence-electron chi connectivity index (χ1n) is 9.18. The van der Waals surface area contributed by atoms with Gasteiger partial charge in [-0.15, -0.1) is 0 Å². The Morgan fingerprint density at radius 3 is 2.40 bits per heavy atom.